The summed E-state index contributed by atoms with van der Waals surface area (Å²) < 4.78 is 30.0. The number of aromatic nitrogens is 1. The van der Waals surface area contributed by atoms with Crippen LogP contribution in [-0.2, 0) is 27.8 Å². The molecule has 1 aliphatic carbocycles. The third-order valence-electron chi connectivity index (χ3n) is 7.08. The van der Waals surface area contributed by atoms with Gasteiger partial charge in [0.2, 0.25) is 15.7 Å². The number of sulfonamides is 1. The molecule has 1 aromatic carbocycles. The average molecular weight is 470 g/mol. The van der Waals surface area contributed by atoms with Gasteiger partial charge in [-0.1, -0.05) is 37.5 Å². The summed E-state index contributed by atoms with van der Waals surface area (Å²) in [5, 5.41) is 9.57. The number of carboxylic acids is 1. The Morgan fingerprint density at radius 1 is 1.12 bits per heavy atom. The highest BCUT2D eigenvalue weighted by Gasteiger charge is 2.32. The van der Waals surface area contributed by atoms with Gasteiger partial charge >= 0.3 is 5.97 Å². The number of aliphatic carboxylic acids is 1. The number of nitrogens with zero attached hydrogens (tertiary/aromatic N) is 3. The molecular weight excluding hydrogens is 438 g/mol. The van der Waals surface area contributed by atoms with Crippen LogP contribution in [0, 0.1) is 13.5 Å². The highest BCUT2D eigenvalue weighted by atomic mass is 32.2. The number of hydrogen-bond donors (Lipinski definition) is 1. The van der Waals surface area contributed by atoms with Crippen LogP contribution in [-0.4, -0.2) is 41.5 Å². The summed E-state index contributed by atoms with van der Waals surface area (Å²) in [6.07, 6.45) is 7.24. The molecule has 176 valence electrons. The molecular formula is C25H31N3O4S. The number of carboxylic acid groups (broad SMARTS) is 1. The molecule has 0 spiro atoms. The summed E-state index contributed by atoms with van der Waals surface area (Å²) in [4.78, 5) is 15.8. The Hall–Kier alpha value is -2.63. The molecule has 8 heteroatoms. The van der Waals surface area contributed by atoms with E-state index in [2.05, 4.69) is 4.85 Å². The lowest BCUT2D eigenvalue weighted by molar-refractivity contribution is -0.137. The Kier molecular flexibility index (Phi) is 6.91. The molecule has 1 aromatic heterocycles. The van der Waals surface area contributed by atoms with E-state index in [1.54, 1.807) is 16.7 Å². The number of hydrogen-bond acceptors (Lipinski definition) is 3. The molecule has 1 aliphatic heterocycles. The van der Waals surface area contributed by atoms with Gasteiger partial charge < -0.3 is 9.67 Å². The fourth-order valence-electron chi connectivity index (χ4n) is 5.42. The minimum absolute atomic E-state index is 0.165. The Labute approximate surface area is 195 Å². The molecule has 2 heterocycles. The van der Waals surface area contributed by atoms with Crippen LogP contribution < -0.4 is 0 Å². The maximum Gasteiger partial charge on any atom is 0.323 e. The molecule has 33 heavy (non-hydrogen) atoms. The minimum atomic E-state index is -3.61. The van der Waals surface area contributed by atoms with E-state index in [9.17, 15) is 18.3 Å². The SMILES string of the molecule is [C-]#[N+]c1c(Cc2ccccc2S(=O)(=O)N2CCCC2)c(C)n(CC(=O)O)c1C1CCCCC1. The Morgan fingerprint density at radius 2 is 1.79 bits per heavy atom. The molecule has 1 N–H and O–H groups in total. The number of benzene rings is 1. The standard InChI is InChI=1S/C25H31N3O4S/c1-18-21(16-20-12-6-7-13-22(20)33(31,32)27-14-8-9-15-27)24(26-2)25(28(18)17-23(29)30)19-10-4-3-5-11-19/h6-7,12-13,19H,3-5,8-11,14-17H2,1H3,(H,29,30). The molecule has 7 nitrogen and oxygen atoms in total. The van der Waals surface area contributed by atoms with Crippen LogP contribution in [0.5, 0.6) is 0 Å². The van der Waals surface area contributed by atoms with Crippen molar-refractivity contribution in [3.8, 4) is 0 Å². The van der Waals surface area contributed by atoms with Gasteiger partial charge in [0.1, 0.15) is 6.54 Å². The third-order valence-corrected chi connectivity index (χ3v) is 9.08. The molecule has 2 aliphatic rings. The normalized spacial score (nSPS) is 17.8. The number of carbonyl (C=O) groups is 1. The van der Waals surface area contributed by atoms with Crippen molar-refractivity contribution in [1.29, 1.82) is 0 Å². The molecule has 0 unspecified atom stereocenters. The van der Waals surface area contributed by atoms with E-state index in [0.29, 0.717) is 30.8 Å². The second-order valence-electron chi connectivity index (χ2n) is 9.12. The molecule has 2 aromatic rings. The van der Waals surface area contributed by atoms with Crippen LogP contribution >= 0.6 is 0 Å². The summed E-state index contributed by atoms with van der Waals surface area (Å²) in [7, 11) is -3.61. The molecule has 2 fully saturated rings. The zero-order valence-corrected chi connectivity index (χ0v) is 19.9. The van der Waals surface area contributed by atoms with E-state index < -0.39 is 16.0 Å². The smallest absolute Gasteiger partial charge is 0.323 e. The van der Waals surface area contributed by atoms with Gasteiger partial charge in [-0.3, -0.25) is 4.79 Å². The first kappa shape index (κ1) is 23.5. The summed E-state index contributed by atoms with van der Waals surface area (Å²) >= 11 is 0. The van der Waals surface area contributed by atoms with Gasteiger partial charge in [-0.2, -0.15) is 4.31 Å². The van der Waals surface area contributed by atoms with E-state index in [1.807, 2.05) is 19.1 Å². The first-order valence-electron chi connectivity index (χ1n) is 11.7. The Balaban J connectivity index is 1.80. The molecule has 1 saturated carbocycles. The molecule has 0 atom stereocenters. The van der Waals surface area contributed by atoms with E-state index in [-0.39, 0.29) is 17.4 Å². The van der Waals surface area contributed by atoms with Crippen LogP contribution in [0.3, 0.4) is 0 Å². The van der Waals surface area contributed by atoms with E-state index in [1.165, 1.54) is 4.31 Å². The minimum Gasteiger partial charge on any atom is -0.480 e. The first-order valence-corrected chi connectivity index (χ1v) is 13.2. The van der Waals surface area contributed by atoms with Gasteiger partial charge in [-0.15, -0.1) is 0 Å². The van der Waals surface area contributed by atoms with Crippen molar-refractivity contribution in [2.45, 2.75) is 75.6 Å². The van der Waals surface area contributed by atoms with Crippen LogP contribution in [0.15, 0.2) is 29.2 Å². The number of rotatable bonds is 7. The predicted molar refractivity (Wildman–Crippen MR) is 126 cm³/mol. The average Bonchev–Trinajstić information content (AvgIpc) is 3.43. The Morgan fingerprint density at radius 3 is 2.42 bits per heavy atom. The van der Waals surface area contributed by atoms with Crippen molar-refractivity contribution in [2.24, 2.45) is 0 Å². The Bertz CT molecular complexity index is 1180. The van der Waals surface area contributed by atoms with E-state index in [4.69, 9.17) is 6.57 Å². The van der Waals surface area contributed by atoms with Crippen molar-refractivity contribution >= 4 is 21.7 Å². The molecule has 0 bridgehead atoms. The van der Waals surface area contributed by atoms with Crippen molar-refractivity contribution in [1.82, 2.24) is 8.87 Å². The van der Waals surface area contributed by atoms with Gasteiger partial charge in [0, 0.05) is 24.5 Å². The predicted octanol–water partition coefficient (Wildman–Crippen LogP) is 4.85. The topological polar surface area (TPSA) is 84.0 Å². The van der Waals surface area contributed by atoms with Crippen LogP contribution in [0.2, 0.25) is 0 Å². The van der Waals surface area contributed by atoms with Gasteiger partial charge in [0.15, 0.2) is 0 Å². The second kappa shape index (κ2) is 9.70. The first-order chi connectivity index (χ1) is 15.8. The van der Waals surface area contributed by atoms with Crippen molar-refractivity contribution in [3.63, 3.8) is 0 Å². The van der Waals surface area contributed by atoms with Crippen LogP contribution in [0.4, 0.5) is 5.69 Å². The van der Waals surface area contributed by atoms with Gasteiger partial charge in [-0.25, -0.2) is 13.3 Å². The lowest BCUT2D eigenvalue weighted by Crippen LogP contribution is -2.28. The van der Waals surface area contributed by atoms with Crippen molar-refractivity contribution in [2.75, 3.05) is 13.1 Å². The highest BCUT2D eigenvalue weighted by Crippen LogP contribution is 2.43. The van der Waals surface area contributed by atoms with Crippen molar-refractivity contribution in [3.05, 3.63) is 58.2 Å². The van der Waals surface area contributed by atoms with Crippen molar-refractivity contribution < 1.29 is 18.3 Å². The molecule has 0 radical (unpaired) electrons. The quantitative estimate of drug-likeness (QED) is 0.587. The zero-order valence-electron chi connectivity index (χ0n) is 19.1. The monoisotopic (exact) mass is 469 g/mol. The van der Waals surface area contributed by atoms with Gasteiger partial charge in [0.05, 0.1) is 11.5 Å². The molecule has 4 rings (SSSR count). The fourth-order valence-corrected chi connectivity index (χ4v) is 7.16. The lowest BCUT2D eigenvalue weighted by atomic mass is 9.86. The third kappa shape index (κ3) is 4.57. The van der Waals surface area contributed by atoms with Crippen LogP contribution in [0.1, 0.15) is 73.4 Å². The van der Waals surface area contributed by atoms with Gasteiger partial charge in [-0.05, 0) is 62.1 Å². The van der Waals surface area contributed by atoms with E-state index >= 15 is 0 Å². The second-order valence-corrected chi connectivity index (χ2v) is 11.0. The summed E-state index contributed by atoms with van der Waals surface area (Å²) in [5.74, 6) is -0.775. The summed E-state index contributed by atoms with van der Waals surface area (Å²) in [5.41, 5.74) is 3.47. The van der Waals surface area contributed by atoms with Gasteiger partial charge in [0.25, 0.3) is 0 Å². The lowest BCUT2D eigenvalue weighted by Gasteiger charge is -2.24. The molecule has 0 amide bonds. The molecule has 1 saturated heterocycles. The maximum atomic E-state index is 13.3. The van der Waals surface area contributed by atoms with E-state index in [0.717, 1.165) is 61.9 Å². The maximum absolute atomic E-state index is 13.3. The summed E-state index contributed by atoms with van der Waals surface area (Å²) in [6, 6.07) is 7.01. The highest BCUT2D eigenvalue weighted by molar-refractivity contribution is 7.89. The largest absolute Gasteiger partial charge is 0.480 e. The zero-order chi connectivity index (χ0) is 23.6. The summed E-state index contributed by atoms with van der Waals surface area (Å²) in [6.45, 7) is 10.7. The van der Waals surface area contributed by atoms with Crippen LogP contribution in [0.25, 0.3) is 4.85 Å². The fraction of sp³-hybridized carbons (Fsp3) is 0.520.